The highest BCUT2D eigenvalue weighted by atomic mass is 16.6. The molecule has 0 rings (SSSR count). The molecule has 79 heavy (non-hydrogen) atoms. The van der Waals surface area contributed by atoms with Crippen molar-refractivity contribution in [3.05, 3.63) is 36.5 Å². The van der Waals surface area contributed by atoms with Crippen molar-refractivity contribution in [3.8, 4) is 0 Å². The fourth-order valence-corrected chi connectivity index (χ4v) is 10.7. The van der Waals surface area contributed by atoms with Gasteiger partial charge in [-0.3, -0.25) is 14.4 Å². The highest BCUT2D eigenvalue weighted by molar-refractivity contribution is 5.71. The number of rotatable bonds is 66. The molecule has 0 aromatic rings. The van der Waals surface area contributed by atoms with Crippen molar-refractivity contribution < 1.29 is 28.6 Å². The van der Waals surface area contributed by atoms with E-state index >= 15 is 0 Å². The quantitative estimate of drug-likeness (QED) is 0.0261. The maximum absolute atomic E-state index is 12.9. The molecule has 0 amide bonds. The van der Waals surface area contributed by atoms with Gasteiger partial charge in [-0.05, 0) is 96.3 Å². The van der Waals surface area contributed by atoms with E-state index in [0.717, 1.165) is 70.6 Å². The average molecular weight is 1110 g/mol. The molecular weight excluding hydrogens is 973 g/mol. The summed E-state index contributed by atoms with van der Waals surface area (Å²) in [5, 5.41) is 0. The van der Waals surface area contributed by atoms with Crippen LogP contribution in [0, 0.1) is 0 Å². The number of ether oxygens (including phenoxy) is 3. The first kappa shape index (κ1) is 76.6. The van der Waals surface area contributed by atoms with Crippen molar-refractivity contribution in [2.24, 2.45) is 0 Å². The summed E-state index contributed by atoms with van der Waals surface area (Å²) in [7, 11) is 0. The van der Waals surface area contributed by atoms with E-state index < -0.39 is 6.10 Å². The number of carbonyl (C=O) groups is 3. The predicted molar refractivity (Wildman–Crippen MR) is 344 cm³/mol. The van der Waals surface area contributed by atoms with Gasteiger partial charge in [0, 0.05) is 19.3 Å². The van der Waals surface area contributed by atoms with E-state index in [1.807, 2.05) is 0 Å². The predicted octanol–water partition coefficient (Wildman–Crippen LogP) is 24.3. The minimum Gasteiger partial charge on any atom is -0.462 e. The minimum absolute atomic E-state index is 0.0737. The molecule has 6 nitrogen and oxygen atoms in total. The third-order valence-electron chi connectivity index (χ3n) is 16.1. The maximum Gasteiger partial charge on any atom is 0.306 e. The highest BCUT2D eigenvalue weighted by Crippen LogP contribution is 2.18. The van der Waals surface area contributed by atoms with Crippen LogP contribution >= 0.6 is 0 Å². The molecule has 1 unspecified atom stereocenters. The number of hydrogen-bond donors (Lipinski definition) is 0. The summed E-state index contributed by atoms with van der Waals surface area (Å²) in [5.41, 5.74) is 0. The fourth-order valence-electron chi connectivity index (χ4n) is 10.7. The first-order valence-electron chi connectivity index (χ1n) is 35.5. The molecule has 1 atom stereocenters. The Hall–Kier alpha value is -2.37. The van der Waals surface area contributed by atoms with Gasteiger partial charge in [-0.2, -0.15) is 0 Å². The first-order chi connectivity index (χ1) is 39.0. The summed E-state index contributed by atoms with van der Waals surface area (Å²) < 4.78 is 16.9. The fraction of sp³-hybridized carbons (Fsp3) is 0.877. The summed E-state index contributed by atoms with van der Waals surface area (Å²) in [6, 6.07) is 0. The molecule has 0 aromatic carbocycles. The van der Waals surface area contributed by atoms with Gasteiger partial charge in [-0.25, -0.2) is 0 Å². The Morgan fingerprint density at radius 1 is 0.241 bits per heavy atom. The van der Waals surface area contributed by atoms with Crippen molar-refractivity contribution in [1.82, 2.24) is 0 Å². The molecular formula is C73H136O6. The lowest BCUT2D eigenvalue weighted by molar-refractivity contribution is -0.167. The third kappa shape index (κ3) is 66.3. The Morgan fingerprint density at radius 2 is 0.418 bits per heavy atom. The summed E-state index contributed by atoms with van der Waals surface area (Å²) in [4.78, 5) is 38.3. The lowest BCUT2D eigenvalue weighted by Crippen LogP contribution is -2.30. The van der Waals surface area contributed by atoms with E-state index in [2.05, 4.69) is 57.2 Å². The van der Waals surface area contributed by atoms with Crippen LogP contribution in [0.2, 0.25) is 0 Å². The minimum atomic E-state index is -0.777. The molecule has 0 saturated carbocycles. The smallest absolute Gasteiger partial charge is 0.306 e. The van der Waals surface area contributed by atoms with Crippen LogP contribution in [-0.4, -0.2) is 37.2 Å². The number of carbonyl (C=O) groups excluding carboxylic acids is 3. The van der Waals surface area contributed by atoms with Gasteiger partial charge in [0.15, 0.2) is 6.10 Å². The molecule has 0 aromatic heterocycles. The van der Waals surface area contributed by atoms with Crippen molar-refractivity contribution in [1.29, 1.82) is 0 Å². The van der Waals surface area contributed by atoms with Gasteiger partial charge in [0.25, 0.3) is 0 Å². The first-order valence-corrected chi connectivity index (χ1v) is 35.5. The molecule has 0 fully saturated rings. The normalized spacial score (nSPS) is 12.2. The Morgan fingerprint density at radius 3 is 0.646 bits per heavy atom. The highest BCUT2D eigenvalue weighted by Gasteiger charge is 2.19. The SMILES string of the molecule is CCCCCC/C=C\CCCCCCCC(=O)OCC(COC(=O)CCCCCCCCCCCCCCCCCCCCCCCCC/C=C\CCCCCCCCCC)OC(=O)CCCCCCC/C=C\CCCCCC. The number of hydrogen-bond acceptors (Lipinski definition) is 6. The molecule has 0 radical (unpaired) electrons. The van der Waals surface area contributed by atoms with Crippen LogP contribution in [0.4, 0.5) is 0 Å². The van der Waals surface area contributed by atoms with Gasteiger partial charge in [0.1, 0.15) is 13.2 Å². The van der Waals surface area contributed by atoms with E-state index in [-0.39, 0.29) is 31.1 Å². The van der Waals surface area contributed by atoms with Gasteiger partial charge in [0.05, 0.1) is 0 Å². The third-order valence-corrected chi connectivity index (χ3v) is 16.1. The molecule has 0 spiro atoms. The van der Waals surface area contributed by atoms with Crippen LogP contribution in [0.3, 0.4) is 0 Å². The molecule has 0 aliphatic carbocycles. The summed E-state index contributed by atoms with van der Waals surface area (Å²) in [5.74, 6) is -0.869. The van der Waals surface area contributed by atoms with Crippen molar-refractivity contribution in [3.63, 3.8) is 0 Å². The van der Waals surface area contributed by atoms with E-state index in [1.54, 1.807) is 0 Å². The molecule has 0 bridgehead atoms. The standard InChI is InChI=1S/C73H136O6/c1-4-7-10-13-16-19-22-25-26-27-28-29-30-31-32-33-34-35-36-37-38-39-40-41-42-43-44-45-46-49-51-54-57-60-63-66-72(75)78-69-70(79-73(76)67-64-61-58-55-52-48-24-21-18-15-12-9-6-3)68-77-71(74)65-62-59-56-53-50-47-23-20-17-14-11-8-5-2/h20-21,23-24,27-28,70H,4-19,22,25-26,29-69H2,1-3H3/b23-20-,24-21-,28-27-. The second-order valence-electron chi connectivity index (χ2n) is 24.1. The van der Waals surface area contributed by atoms with Crippen LogP contribution in [-0.2, 0) is 28.6 Å². The van der Waals surface area contributed by atoms with Crippen LogP contribution in [0.25, 0.3) is 0 Å². The second-order valence-corrected chi connectivity index (χ2v) is 24.1. The summed E-state index contributed by atoms with van der Waals surface area (Å²) in [6.45, 7) is 6.65. The molecule has 0 aliphatic heterocycles. The van der Waals surface area contributed by atoms with Crippen molar-refractivity contribution in [2.75, 3.05) is 13.2 Å². The maximum atomic E-state index is 12.9. The van der Waals surface area contributed by atoms with Gasteiger partial charge in [-0.15, -0.1) is 0 Å². The zero-order valence-electron chi connectivity index (χ0n) is 53.4. The molecule has 0 saturated heterocycles. The van der Waals surface area contributed by atoms with E-state index in [1.165, 1.54) is 283 Å². The van der Waals surface area contributed by atoms with Crippen LogP contribution in [0.5, 0.6) is 0 Å². The molecule has 0 heterocycles. The summed E-state index contributed by atoms with van der Waals surface area (Å²) >= 11 is 0. The van der Waals surface area contributed by atoms with E-state index in [9.17, 15) is 14.4 Å². The van der Waals surface area contributed by atoms with Crippen molar-refractivity contribution in [2.45, 2.75) is 399 Å². The number of allylic oxidation sites excluding steroid dienone is 6. The Kier molecular flexibility index (Phi) is 66.1. The molecule has 0 N–H and O–H groups in total. The van der Waals surface area contributed by atoms with Crippen molar-refractivity contribution >= 4 is 17.9 Å². The molecule has 464 valence electrons. The lowest BCUT2D eigenvalue weighted by Gasteiger charge is -2.18. The van der Waals surface area contributed by atoms with Gasteiger partial charge < -0.3 is 14.2 Å². The van der Waals surface area contributed by atoms with E-state index in [0.29, 0.717) is 19.3 Å². The Balaban J connectivity index is 4.01. The second kappa shape index (κ2) is 68.1. The average Bonchev–Trinajstić information content (AvgIpc) is 3.45. The van der Waals surface area contributed by atoms with E-state index in [4.69, 9.17) is 14.2 Å². The molecule has 0 aliphatic rings. The monoisotopic (exact) mass is 1110 g/mol. The zero-order valence-corrected chi connectivity index (χ0v) is 53.4. The zero-order chi connectivity index (χ0) is 57.1. The number of unbranched alkanes of at least 4 members (excludes halogenated alkanes) is 49. The number of esters is 3. The topological polar surface area (TPSA) is 78.9 Å². The van der Waals surface area contributed by atoms with Crippen LogP contribution in [0.1, 0.15) is 393 Å². The van der Waals surface area contributed by atoms with Crippen LogP contribution in [0.15, 0.2) is 36.5 Å². The largest absolute Gasteiger partial charge is 0.462 e. The lowest BCUT2D eigenvalue weighted by atomic mass is 10.0. The van der Waals surface area contributed by atoms with Gasteiger partial charge in [0.2, 0.25) is 0 Å². The molecule has 6 heteroatoms. The van der Waals surface area contributed by atoms with Crippen LogP contribution < -0.4 is 0 Å². The Labute approximate surface area is 493 Å². The Bertz CT molecular complexity index is 1320. The van der Waals surface area contributed by atoms with Gasteiger partial charge >= 0.3 is 17.9 Å². The summed E-state index contributed by atoms with van der Waals surface area (Å²) in [6.07, 6.45) is 84.9. The van der Waals surface area contributed by atoms with Gasteiger partial charge in [-0.1, -0.05) is 314 Å².